The summed E-state index contributed by atoms with van der Waals surface area (Å²) in [5.41, 5.74) is 7.76. The smallest absolute Gasteiger partial charge is 0.246 e. The zero-order chi connectivity index (χ0) is 49.4. The number of aliphatic hydroxyl groups excluding tert-OH is 1. The monoisotopic (exact) mass is 1000 g/mol. The number of nitrogens with zero attached hydrogens (tertiary/aromatic N) is 6. The number of halogens is 1. The molecular formula is C49H60ClN9O8S2. The second kappa shape index (κ2) is 23.0. The van der Waals surface area contributed by atoms with E-state index in [-0.39, 0.29) is 83.9 Å². The standard InChI is InChI=1S/C49H60ClN9O8S2/c1-28-30(3)69-48-41(28)42(33-12-14-35(50)15-13-33)54-37(45-57-56-31(4)59(45)48)23-39(61)51-16-17-65-18-19-66-20-21-67-26-40(62)55-44(49(5,6)7)47(64)58-25-36(60)22-38(58)46(63)52-24-32-8-10-34(11-9-32)43-29(2)53-27-68-43/h8-15,27,36-38,44,60H,16-26H2,1-7H3,(H,51,61)(H,52,63)(H,55,62)/t36-,37+,38?,44?/m1/s1. The lowest BCUT2D eigenvalue weighted by atomic mass is 9.85. The number of nitrogens with one attached hydrogen (secondary N) is 3. The second-order valence-electron chi connectivity index (χ2n) is 18.2. The van der Waals surface area contributed by atoms with Crippen molar-refractivity contribution in [2.24, 2.45) is 10.4 Å². The van der Waals surface area contributed by atoms with E-state index in [9.17, 15) is 24.3 Å². The number of carbonyl (C=O) groups excluding carboxylic acids is 4. The minimum Gasteiger partial charge on any atom is -0.391 e. The third kappa shape index (κ3) is 12.7. The van der Waals surface area contributed by atoms with Gasteiger partial charge in [-0.05, 0) is 61.9 Å². The third-order valence-corrected chi connectivity index (χ3v) is 14.4. The molecule has 2 aromatic carbocycles. The number of likely N-dealkylation sites (tertiary alicyclic amines) is 1. The average Bonchev–Trinajstić information content (AvgIpc) is 4.08. The van der Waals surface area contributed by atoms with Crippen LogP contribution < -0.4 is 16.0 Å². The van der Waals surface area contributed by atoms with Gasteiger partial charge in [0.25, 0.3) is 0 Å². The van der Waals surface area contributed by atoms with Crippen molar-refractivity contribution in [2.75, 3.05) is 52.7 Å². The minimum atomic E-state index is -0.984. The first-order valence-electron chi connectivity index (χ1n) is 22.9. The van der Waals surface area contributed by atoms with Gasteiger partial charge >= 0.3 is 0 Å². The minimum absolute atomic E-state index is 0.0281. The summed E-state index contributed by atoms with van der Waals surface area (Å²) in [4.78, 5) is 66.8. The highest BCUT2D eigenvalue weighted by molar-refractivity contribution is 7.15. The predicted molar refractivity (Wildman–Crippen MR) is 265 cm³/mol. The zero-order valence-corrected chi connectivity index (χ0v) is 42.4. The van der Waals surface area contributed by atoms with Gasteiger partial charge in [0.05, 0.1) is 67.4 Å². The number of thiazole rings is 1. The van der Waals surface area contributed by atoms with Crippen LogP contribution >= 0.6 is 34.3 Å². The third-order valence-electron chi connectivity index (χ3n) is 12.0. The molecule has 5 aromatic rings. The number of rotatable bonds is 20. The normalized spacial score (nSPS) is 17.1. The molecule has 0 saturated carbocycles. The van der Waals surface area contributed by atoms with Crippen LogP contribution in [-0.2, 0) is 39.9 Å². The van der Waals surface area contributed by atoms with Crippen molar-refractivity contribution < 1.29 is 38.5 Å². The Labute approximate surface area is 415 Å². The van der Waals surface area contributed by atoms with E-state index in [0.29, 0.717) is 16.7 Å². The van der Waals surface area contributed by atoms with Crippen molar-refractivity contribution in [2.45, 2.75) is 92.1 Å². The Kier molecular flexibility index (Phi) is 17.2. The summed E-state index contributed by atoms with van der Waals surface area (Å²) in [6, 6.07) is 12.9. The number of aromatic nitrogens is 4. The molecule has 20 heteroatoms. The number of aryl methyl sites for hydroxylation is 3. The highest BCUT2D eigenvalue weighted by Gasteiger charge is 2.44. The Hall–Kier alpha value is -5.41. The number of carbonyl (C=O) groups is 4. The Bertz CT molecular complexity index is 2640. The van der Waals surface area contributed by atoms with Gasteiger partial charge in [-0.3, -0.25) is 28.7 Å². The number of fused-ring (bicyclic) bond motifs is 3. The number of aliphatic imine (C=N–C) groups is 1. The van der Waals surface area contributed by atoms with Crippen LogP contribution in [-0.4, -0.2) is 130 Å². The van der Waals surface area contributed by atoms with E-state index < -0.39 is 41.5 Å². The number of ether oxygens (including phenoxy) is 3. The lowest BCUT2D eigenvalue weighted by Crippen LogP contribution is -2.58. The Morgan fingerprint density at radius 3 is 2.25 bits per heavy atom. The summed E-state index contributed by atoms with van der Waals surface area (Å²) >= 11 is 9.45. The number of hydrogen-bond acceptors (Lipinski definition) is 14. The van der Waals surface area contributed by atoms with Crippen molar-refractivity contribution in [3.63, 3.8) is 0 Å². The molecule has 368 valence electrons. The van der Waals surface area contributed by atoms with Crippen LogP contribution in [0.4, 0.5) is 0 Å². The molecular weight excluding hydrogens is 942 g/mol. The number of hydrogen-bond donors (Lipinski definition) is 4. The van der Waals surface area contributed by atoms with E-state index in [1.54, 1.807) is 22.7 Å². The Morgan fingerprint density at radius 2 is 1.57 bits per heavy atom. The molecule has 3 aromatic heterocycles. The van der Waals surface area contributed by atoms with Gasteiger partial charge in [-0.15, -0.1) is 32.9 Å². The zero-order valence-electron chi connectivity index (χ0n) is 40.0. The molecule has 5 heterocycles. The molecule has 2 unspecified atom stereocenters. The fourth-order valence-electron chi connectivity index (χ4n) is 8.23. The Balaban J connectivity index is 0.797. The van der Waals surface area contributed by atoms with E-state index in [1.807, 2.05) is 93.2 Å². The van der Waals surface area contributed by atoms with Gasteiger partial charge in [0.15, 0.2) is 5.82 Å². The summed E-state index contributed by atoms with van der Waals surface area (Å²) in [5.74, 6) is -0.231. The van der Waals surface area contributed by atoms with E-state index in [1.165, 1.54) is 4.90 Å². The van der Waals surface area contributed by atoms with Gasteiger partial charge in [-0.1, -0.05) is 68.8 Å². The molecule has 0 spiro atoms. The second-order valence-corrected chi connectivity index (χ2v) is 20.7. The van der Waals surface area contributed by atoms with Gasteiger partial charge < -0.3 is 40.2 Å². The van der Waals surface area contributed by atoms with Crippen LogP contribution in [0.5, 0.6) is 0 Å². The number of benzene rings is 2. The van der Waals surface area contributed by atoms with Gasteiger partial charge in [-0.25, -0.2) is 4.98 Å². The molecule has 7 rings (SSSR count). The molecule has 0 aliphatic carbocycles. The maximum absolute atomic E-state index is 14.0. The molecule has 1 saturated heterocycles. The first-order valence-corrected chi connectivity index (χ1v) is 25.0. The highest BCUT2D eigenvalue weighted by Crippen LogP contribution is 2.40. The van der Waals surface area contributed by atoms with Crippen molar-refractivity contribution in [1.29, 1.82) is 0 Å². The number of aliphatic hydroxyl groups is 1. The summed E-state index contributed by atoms with van der Waals surface area (Å²) in [7, 11) is 0. The van der Waals surface area contributed by atoms with Crippen molar-refractivity contribution >= 4 is 63.6 Å². The van der Waals surface area contributed by atoms with E-state index in [2.05, 4.69) is 45.0 Å². The molecule has 4 atom stereocenters. The molecule has 4 amide bonds. The van der Waals surface area contributed by atoms with Crippen molar-refractivity contribution in [1.82, 2.24) is 40.6 Å². The van der Waals surface area contributed by atoms with Crippen LogP contribution in [0.25, 0.3) is 15.4 Å². The molecule has 1 fully saturated rings. The summed E-state index contributed by atoms with van der Waals surface area (Å²) in [5, 5.41) is 29.6. The van der Waals surface area contributed by atoms with Crippen LogP contribution in [0.3, 0.4) is 0 Å². The van der Waals surface area contributed by atoms with Gasteiger partial charge in [-0.2, -0.15) is 0 Å². The largest absolute Gasteiger partial charge is 0.391 e. The van der Waals surface area contributed by atoms with Crippen molar-refractivity contribution in [3.05, 3.63) is 104 Å². The number of amides is 4. The first kappa shape index (κ1) is 51.4. The van der Waals surface area contributed by atoms with E-state index in [4.69, 9.17) is 30.8 Å². The van der Waals surface area contributed by atoms with Gasteiger partial charge in [0.2, 0.25) is 23.6 Å². The maximum atomic E-state index is 14.0. The molecule has 0 bridgehead atoms. The number of β-amino-alcohol motifs (C(OH)–C–C–N with tert-alkyl or cyclic N) is 1. The molecule has 4 N–H and O–H groups in total. The van der Waals surface area contributed by atoms with Crippen LogP contribution in [0.2, 0.25) is 5.02 Å². The van der Waals surface area contributed by atoms with Crippen LogP contribution in [0, 0.1) is 33.1 Å². The SMILES string of the molecule is Cc1ncsc1-c1ccc(CNC(=O)C2C[C@@H](O)CN2C(=O)C(NC(=O)COCCOCCOCCNC(=O)C[C@@H]2N=C(c3ccc(Cl)cc3)c3c(sc(C)c3C)-n3c(C)nnc32)C(C)(C)C)cc1. The topological polar surface area (TPSA) is 211 Å². The first-order chi connectivity index (χ1) is 33.0. The van der Waals surface area contributed by atoms with E-state index in [0.717, 1.165) is 54.0 Å². The van der Waals surface area contributed by atoms with E-state index >= 15 is 0 Å². The fourth-order valence-corrected chi connectivity index (χ4v) is 10.4. The van der Waals surface area contributed by atoms with Gasteiger partial charge in [0.1, 0.15) is 35.6 Å². The average molecular weight is 1000 g/mol. The van der Waals surface area contributed by atoms with Crippen molar-refractivity contribution in [3.8, 4) is 15.4 Å². The molecule has 2 aliphatic rings. The summed E-state index contributed by atoms with van der Waals surface area (Å²) < 4.78 is 18.8. The molecule has 0 radical (unpaired) electrons. The lowest BCUT2D eigenvalue weighted by Gasteiger charge is -2.35. The summed E-state index contributed by atoms with van der Waals surface area (Å²) in [6.07, 6.45) is -0.737. The maximum Gasteiger partial charge on any atom is 0.246 e. The molecule has 17 nitrogen and oxygen atoms in total. The fraction of sp³-hybridized carbons (Fsp3) is 0.469. The van der Waals surface area contributed by atoms with Crippen LogP contribution in [0.15, 0.2) is 59.0 Å². The predicted octanol–water partition coefficient (Wildman–Crippen LogP) is 5.60. The lowest BCUT2D eigenvalue weighted by molar-refractivity contribution is -0.144. The van der Waals surface area contributed by atoms with Gasteiger partial charge in [0, 0.05) is 47.1 Å². The quantitative estimate of drug-likeness (QED) is 0.0706. The molecule has 2 aliphatic heterocycles. The summed E-state index contributed by atoms with van der Waals surface area (Å²) in [6.45, 7) is 14.8. The Morgan fingerprint density at radius 1 is 0.884 bits per heavy atom. The highest BCUT2D eigenvalue weighted by atomic mass is 35.5. The molecule has 69 heavy (non-hydrogen) atoms. The number of thiophene rings is 1. The van der Waals surface area contributed by atoms with Crippen LogP contribution in [0.1, 0.15) is 84.1 Å².